The fourth-order valence-corrected chi connectivity index (χ4v) is 3.59. The van der Waals surface area contributed by atoms with Crippen LogP contribution in [0.3, 0.4) is 0 Å². The van der Waals surface area contributed by atoms with E-state index in [2.05, 4.69) is 10.6 Å². The lowest BCUT2D eigenvalue weighted by molar-refractivity contribution is -0.122. The summed E-state index contributed by atoms with van der Waals surface area (Å²) >= 11 is 0. The van der Waals surface area contributed by atoms with E-state index in [0.717, 1.165) is 22.6 Å². The van der Waals surface area contributed by atoms with Gasteiger partial charge in [-0.3, -0.25) is 9.59 Å². The van der Waals surface area contributed by atoms with E-state index in [1.165, 1.54) is 5.56 Å². The fourth-order valence-electron chi connectivity index (χ4n) is 3.59. The van der Waals surface area contributed by atoms with Gasteiger partial charge in [-0.2, -0.15) is 0 Å². The zero-order valence-electron chi connectivity index (χ0n) is 17.2. The van der Waals surface area contributed by atoms with E-state index in [4.69, 9.17) is 0 Å². The molecular weight excluding hydrogens is 374 g/mol. The van der Waals surface area contributed by atoms with E-state index in [9.17, 15) is 9.59 Å². The van der Waals surface area contributed by atoms with Crippen molar-refractivity contribution >= 4 is 34.6 Å². The molecule has 1 unspecified atom stereocenters. The molecule has 0 spiro atoms. The van der Waals surface area contributed by atoms with Gasteiger partial charge < -0.3 is 15.5 Å². The van der Waals surface area contributed by atoms with Gasteiger partial charge in [0.15, 0.2) is 0 Å². The van der Waals surface area contributed by atoms with Crippen molar-refractivity contribution in [3.8, 4) is 0 Å². The van der Waals surface area contributed by atoms with Crippen LogP contribution in [0.2, 0.25) is 0 Å². The average molecular weight is 399 g/mol. The predicted octanol–water partition coefficient (Wildman–Crippen LogP) is 5.04. The quantitative estimate of drug-likeness (QED) is 0.632. The van der Waals surface area contributed by atoms with Crippen molar-refractivity contribution in [1.82, 2.24) is 0 Å². The number of benzene rings is 3. The molecule has 3 aromatic carbocycles. The normalized spacial score (nSPS) is 15.9. The molecule has 30 heavy (non-hydrogen) atoms. The summed E-state index contributed by atoms with van der Waals surface area (Å²) in [6.07, 6.45) is 0.216. The molecule has 4 rings (SSSR count). The molecule has 1 aliphatic heterocycles. The molecule has 1 atom stereocenters. The Balaban J connectivity index is 1.46. The van der Waals surface area contributed by atoms with Crippen LogP contribution in [0.15, 0.2) is 72.8 Å². The lowest BCUT2D eigenvalue weighted by Gasteiger charge is -2.18. The van der Waals surface area contributed by atoms with Crippen LogP contribution in [-0.4, -0.2) is 18.4 Å². The van der Waals surface area contributed by atoms with Gasteiger partial charge in [-0.1, -0.05) is 47.5 Å². The van der Waals surface area contributed by atoms with Crippen molar-refractivity contribution in [3.05, 3.63) is 83.9 Å². The molecule has 1 heterocycles. The maximum Gasteiger partial charge on any atom is 0.229 e. The predicted molar refractivity (Wildman–Crippen MR) is 121 cm³/mol. The molecule has 1 saturated heterocycles. The number of rotatable bonds is 5. The molecule has 1 fully saturated rings. The number of anilines is 4. The third-order valence-electron chi connectivity index (χ3n) is 5.36. The summed E-state index contributed by atoms with van der Waals surface area (Å²) in [5, 5.41) is 6.36. The maximum absolute atomic E-state index is 12.9. The van der Waals surface area contributed by atoms with Crippen molar-refractivity contribution < 1.29 is 9.59 Å². The second kappa shape index (κ2) is 8.41. The number of para-hydroxylation sites is 2. The number of carbonyl (C=O) groups is 2. The Bertz CT molecular complexity index is 1060. The highest BCUT2D eigenvalue weighted by atomic mass is 16.2. The van der Waals surface area contributed by atoms with Crippen molar-refractivity contribution in [1.29, 1.82) is 0 Å². The molecule has 1 aliphatic rings. The number of aryl methyl sites for hydroxylation is 2. The number of amides is 2. The zero-order valence-corrected chi connectivity index (χ0v) is 17.2. The molecule has 5 heteroatoms. The van der Waals surface area contributed by atoms with Crippen molar-refractivity contribution in [2.24, 2.45) is 5.92 Å². The Kier molecular flexibility index (Phi) is 5.53. The van der Waals surface area contributed by atoms with Crippen LogP contribution in [0.4, 0.5) is 22.7 Å². The summed E-state index contributed by atoms with van der Waals surface area (Å²) in [6.45, 7) is 4.44. The number of hydrogen-bond acceptors (Lipinski definition) is 3. The van der Waals surface area contributed by atoms with Gasteiger partial charge in [-0.25, -0.2) is 0 Å². The average Bonchev–Trinajstić information content (AvgIpc) is 3.13. The van der Waals surface area contributed by atoms with Crippen LogP contribution < -0.4 is 15.5 Å². The Morgan fingerprint density at radius 1 is 0.867 bits per heavy atom. The highest BCUT2D eigenvalue weighted by molar-refractivity contribution is 6.04. The molecule has 0 aliphatic carbocycles. The minimum atomic E-state index is -0.383. The highest BCUT2D eigenvalue weighted by Crippen LogP contribution is 2.29. The first-order valence-corrected chi connectivity index (χ1v) is 10.1. The van der Waals surface area contributed by atoms with Gasteiger partial charge >= 0.3 is 0 Å². The van der Waals surface area contributed by atoms with Crippen LogP contribution in [0.5, 0.6) is 0 Å². The lowest BCUT2D eigenvalue weighted by Crippen LogP contribution is -2.28. The molecule has 152 valence electrons. The Labute approximate surface area is 176 Å². The van der Waals surface area contributed by atoms with Gasteiger partial charge in [-0.05, 0) is 50.2 Å². The van der Waals surface area contributed by atoms with Gasteiger partial charge in [0, 0.05) is 24.3 Å². The number of nitrogens with one attached hydrogen (secondary N) is 2. The fraction of sp³-hybridized carbons (Fsp3) is 0.200. The first-order valence-electron chi connectivity index (χ1n) is 10.1. The SMILES string of the molecule is Cc1ccc(Nc2ccccc2NC(=O)C2CC(=O)N(c3ccc(C)cc3)C2)cc1. The summed E-state index contributed by atoms with van der Waals surface area (Å²) in [7, 11) is 0. The van der Waals surface area contributed by atoms with Gasteiger partial charge in [-0.15, -0.1) is 0 Å². The van der Waals surface area contributed by atoms with Crippen LogP contribution in [0, 0.1) is 19.8 Å². The van der Waals surface area contributed by atoms with E-state index in [1.807, 2.05) is 86.6 Å². The number of hydrogen-bond donors (Lipinski definition) is 2. The summed E-state index contributed by atoms with van der Waals surface area (Å²) in [4.78, 5) is 27.1. The van der Waals surface area contributed by atoms with Crippen LogP contribution in [0.1, 0.15) is 17.5 Å². The van der Waals surface area contributed by atoms with Gasteiger partial charge in [0.2, 0.25) is 11.8 Å². The van der Waals surface area contributed by atoms with Crippen LogP contribution in [0.25, 0.3) is 0 Å². The molecule has 0 aromatic heterocycles. The lowest BCUT2D eigenvalue weighted by atomic mass is 10.1. The third-order valence-corrected chi connectivity index (χ3v) is 5.36. The molecule has 0 saturated carbocycles. The molecule has 2 N–H and O–H groups in total. The Hall–Kier alpha value is -3.60. The summed E-state index contributed by atoms with van der Waals surface area (Å²) in [5.74, 6) is -0.549. The second-order valence-corrected chi connectivity index (χ2v) is 7.77. The molecular formula is C25H25N3O2. The third kappa shape index (κ3) is 4.35. The smallest absolute Gasteiger partial charge is 0.229 e. The molecule has 0 radical (unpaired) electrons. The van der Waals surface area contributed by atoms with Gasteiger partial charge in [0.1, 0.15) is 0 Å². The van der Waals surface area contributed by atoms with E-state index >= 15 is 0 Å². The summed E-state index contributed by atoms with van der Waals surface area (Å²) < 4.78 is 0. The second-order valence-electron chi connectivity index (χ2n) is 7.77. The van der Waals surface area contributed by atoms with Crippen molar-refractivity contribution in [3.63, 3.8) is 0 Å². The molecule has 3 aromatic rings. The highest BCUT2D eigenvalue weighted by Gasteiger charge is 2.35. The monoisotopic (exact) mass is 399 g/mol. The summed E-state index contributed by atoms with van der Waals surface area (Å²) in [5.41, 5.74) is 5.62. The Morgan fingerprint density at radius 2 is 1.47 bits per heavy atom. The minimum Gasteiger partial charge on any atom is -0.354 e. The molecule has 5 nitrogen and oxygen atoms in total. The standard InChI is InChI=1S/C25H25N3O2/c1-17-7-11-20(12-8-17)26-22-5-3-4-6-23(22)27-25(30)19-15-24(29)28(16-19)21-13-9-18(2)10-14-21/h3-14,19,26H,15-16H2,1-2H3,(H,27,30). The van der Waals surface area contributed by atoms with E-state index < -0.39 is 0 Å². The van der Waals surface area contributed by atoms with Crippen molar-refractivity contribution in [2.45, 2.75) is 20.3 Å². The van der Waals surface area contributed by atoms with E-state index in [-0.39, 0.29) is 24.2 Å². The van der Waals surface area contributed by atoms with Crippen LogP contribution in [-0.2, 0) is 9.59 Å². The topological polar surface area (TPSA) is 61.4 Å². The van der Waals surface area contributed by atoms with Gasteiger partial charge in [0.05, 0.1) is 17.3 Å². The summed E-state index contributed by atoms with van der Waals surface area (Å²) in [6, 6.07) is 23.5. The van der Waals surface area contributed by atoms with E-state index in [0.29, 0.717) is 12.2 Å². The number of nitrogens with zero attached hydrogens (tertiary/aromatic N) is 1. The van der Waals surface area contributed by atoms with E-state index in [1.54, 1.807) is 4.90 Å². The first kappa shape index (κ1) is 19.7. The Morgan fingerprint density at radius 3 is 2.13 bits per heavy atom. The molecule has 0 bridgehead atoms. The van der Waals surface area contributed by atoms with Crippen molar-refractivity contribution in [2.75, 3.05) is 22.1 Å². The first-order chi connectivity index (χ1) is 14.5. The number of carbonyl (C=O) groups excluding carboxylic acids is 2. The minimum absolute atomic E-state index is 0.0231. The van der Waals surface area contributed by atoms with Crippen LogP contribution >= 0.6 is 0 Å². The van der Waals surface area contributed by atoms with Gasteiger partial charge in [0.25, 0.3) is 0 Å². The zero-order chi connectivity index (χ0) is 21.1. The maximum atomic E-state index is 12.9. The largest absolute Gasteiger partial charge is 0.354 e. The molecule has 2 amide bonds.